The van der Waals surface area contributed by atoms with Crippen LogP contribution in [0.2, 0.25) is 0 Å². The number of rotatable bonds is 3. The summed E-state index contributed by atoms with van der Waals surface area (Å²) in [5.74, 6) is 1.33. The van der Waals surface area contributed by atoms with E-state index in [-0.39, 0.29) is 10.8 Å². The molecule has 2 atom stereocenters. The van der Waals surface area contributed by atoms with E-state index < -0.39 is 10.0 Å². The van der Waals surface area contributed by atoms with E-state index in [2.05, 4.69) is 4.98 Å². The van der Waals surface area contributed by atoms with Gasteiger partial charge in [0.25, 0.3) is 0 Å². The van der Waals surface area contributed by atoms with Gasteiger partial charge in [0.05, 0.1) is 4.90 Å². The van der Waals surface area contributed by atoms with Crippen LogP contribution >= 0.6 is 0 Å². The third-order valence-corrected chi connectivity index (χ3v) is 4.98. The lowest BCUT2D eigenvalue weighted by Gasteiger charge is -2.01. The number of para-hydroxylation sites is 2. The Hall–Kier alpha value is -2.18. The van der Waals surface area contributed by atoms with Crippen molar-refractivity contribution in [3.8, 4) is 0 Å². The minimum absolute atomic E-state index is 0.135. The monoisotopic (exact) mass is 314 g/mol. The van der Waals surface area contributed by atoms with E-state index in [0.717, 1.165) is 29.0 Å². The Kier molecular flexibility index (Phi) is 2.85. The molecule has 2 unspecified atom stereocenters. The van der Waals surface area contributed by atoms with Gasteiger partial charge in [-0.2, -0.15) is 0 Å². The molecular weight excluding hydrogens is 300 g/mol. The van der Waals surface area contributed by atoms with Gasteiger partial charge in [-0.15, -0.1) is 0 Å². The predicted octanol–water partition coefficient (Wildman–Crippen LogP) is 2.75. The Labute approximate surface area is 127 Å². The molecule has 0 aliphatic heterocycles. The third kappa shape index (κ3) is 2.30. The highest BCUT2D eigenvalue weighted by atomic mass is 32.2. The van der Waals surface area contributed by atoms with Crippen LogP contribution in [0.4, 0.5) is 0 Å². The van der Waals surface area contributed by atoms with Gasteiger partial charge in [0, 0.05) is 5.92 Å². The number of aromatic nitrogens is 1. The number of primary sulfonamides is 1. The van der Waals surface area contributed by atoms with Gasteiger partial charge in [0.1, 0.15) is 5.52 Å². The van der Waals surface area contributed by atoms with E-state index >= 15 is 0 Å². The molecule has 1 heterocycles. The third-order valence-electron chi connectivity index (χ3n) is 4.05. The average Bonchev–Trinajstić information content (AvgIpc) is 3.18. The summed E-state index contributed by atoms with van der Waals surface area (Å²) in [6.45, 7) is 0. The number of hydrogen-bond acceptors (Lipinski definition) is 4. The fourth-order valence-electron chi connectivity index (χ4n) is 2.79. The fraction of sp³-hybridized carbons (Fsp3) is 0.188. The highest BCUT2D eigenvalue weighted by Crippen LogP contribution is 2.54. The molecule has 0 spiro atoms. The molecule has 0 amide bonds. The molecule has 1 fully saturated rings. The van der Waals surface area contributed by atoms with E-state index in [1.807, 2.05) is 36.4 Å². The van der Waals surface area contributed by atoms with E-state index in [4.69, 9.17) is 9.56 Å². The van der Waals surface area contributed by atoms with Crippen LogP contribution in [0.3, 0.4) is 0 Å². The number of nitrogens with zero attached hydrogens (tertiary/aromatic N) is 1. The Balaban J connectivity index is 1.59. The van der Waals surface area contributed by atoms with Crippen LogP contribution in [0.15, 0.2) is 57.8 Å². The first-order valence-electron chi connectivity index (χ1n) is 7.00. The highest BCUT2D eigenvalue weighted by molar-refractivity contribution is 7.89. The van der Waals surface area contributed by atoms with Crippen molar-refractivity contribution in [1.29, 1.82) is 0 Å². The van der Waals surface area contributed by atoms with Gasteiger partial charge in [-0.25, -0.2) is 18.5 Å². The first-order valence-corrected chi connectivity index (χ1v) is 8.55. The number of hydrogen-bond donors (Lipinski definition) is 1. The van der Waals surface area contributed by atoms with Crippen molar-refractivity contribution < 1.29 is 12.8 Å². The second-order valence-corrected chi connectivity index (χ2v) is 7.14. The molecule has 1 saturated carbocycles. The molecule has 1 aromatic heterocycles. The van der Waals surface area contributed by atoms with E-state index in [9.17, 15) is 8.42 Å². The summed E-state index contributed by atoms with van der Waals surface area (Å²) < 4.78 is 28.3. The zero-order chi connectivity index (χ0) is 15.3. The van der Waals surface area contributed by atoms with Gasteiger partial charge in [-0.1, -0.05) is 24.3 Å². The summed E-state index contributed by atoms with van der Waals surface area (Å²) in [6.07, 6.45) is 0.960. The van der Waals surface area contributed by atoms with Crippen molar-refractivity contribution in [2.45, 2.75) is 23.2 Å². The van der Waals surface area contributed by atoms with Gasteiger partial charge in [0.15, 0.2) is 11.5 Å². The minimum Gasteiger partial charge on any atom is -0.440 e. The predicted molar refractivity (Wildman–Crippen MR) is 81.9 cm³/mol. The van der Waals surface area contributed by atoms with Gasteiger partial charge in [-0.3, -0.25) is 0 Å². The Bertz CT molecular complexity index is 912. The van der Waals surface area contributed by atoms with Crippen LogP contribution in [-0.4, -0.2) is 13.4 Å². The molecule has 0 saturated heterocycles. The van der Waals surface area contributed by atoms with E-state index in [0.29, 0.717) is 5.92 Å². The van der Waals surface area contributed by atoms with E-state index in [1.165, 1.54) is 0 Å². The summed E-state index contributed by atoms with van der Waals surface area (Å²) in [5, 5.41) is 5.11. The molecular formula is C16H14N2O3S. The number of fused-ring (bicyclic) bond motifs is 1. The summed E-state index contributed by atoms with van der Waals surface area (Å²) in [6, 6.07) is 14.4. The molecule has 0 radical (unpaired) electrons. The largest absolute Gasteiger partial charge is 0.440 e. The summed E-state index contributed by atoms with van der Waals surface area (Å²) in [5.41, 5.74) is 2.75. The first kappa shape index (κ1) is 13.5. The van der Waals surface area contributed by atoms with Crippen LogP contribution in [0.25, 0.3) is 11.1 Å². The molecule has 1 aliphatic rings. The lowest BCUT2D eigenvalue weighted by Crippen LogP contribution is -2.11. The second kappa shape index (κ2) is 4.66. The fourth-order valence-corrected chi connectivity index (χ4v) is 3.31. The quantitative estimate of drug-likeness (QED) is 0.805. The number of benzene rings is 2. The SMILES string of the molecule is NS(=O)(=O)c1ccc(C2CC2c2nc3ccccc3o2)cc1. The average molecular weight is 314 g/mol. The maximum absolute atomic E-state index is 11.3. The molecule has 22 heavy (non-hydrogen) atoms. The molecule has 4 rings (SSSR count). The molecule has 2 aromatic carbocycles. The zero-order valence-electron chi connectivity index (χ0n) is 11.6. The van der Waals surface area contributed by atoms with E-state index in [1.54, 1.807) is 12.1 Å². The molecule has 6 heteroatoms. The van der Waals surface area contributed by atoms with Gasteiger partial charge < -0.3 is 4.42 Å². The molecule has 5 nitrogen and oxygen atoms in total. The van der Waals surface area contributed by atoms with Crippen LogP contribution < -0.4 is 5.14 Å². The minimum atomic E-state index is -3.64. The molecule has 3 aromatic rings. The number of sulfonamides is 1. The maximum Gasteiger partial charge on any atom is 0.238 e. The maximum atomic E-state index is 11.3. The van der Waals surface area contributed by atoms with Gasteiger partial charge >= 0.3 is 0 Å². The first-order chi connectivity index (χ1) is 10.5. The summed E-state index contributed by atoms with van der Waals surface area (Å²) >= 11 is 0. The highest BCUT2D eigenvalue weighted by Gasteiger charge is 2.43. The smallest absolute Gasteiger partial charge is 0.238 e. The Morgan fingerprint density at radius 3 is 2.45 bits per heavy atom. The Morgan fingerprint density at radius 2 is 1.77 bits per heavy atom. The van der Waals surface area contributed by atoms with Crippen LogP contribution in [0.5, 0.6) is 0 Å². The number of nitrogens with two attached hydrogens (primary N) is 1. The zero-order valence-corrected chi connectivity index (χ0v) is 12.5. The van der Waals surface area contributed by atoms with Gasteiger partial charge in [-0.05, 0) is 42.2 Å². The summed E-state index contributed by atoms with van der Waals surface area (Å²) in [4.78, 5) is 4.66. The van der Waals surface area contributed by atoms with Crippen LogP contribution in [0, 0.1) is 0 Å². The van der Waals surface area contributed by atoms with Crippen molar-refractivity contribution in [1.82, 2.24) is 4.98 Å². The van der Waals surface area contributed by atoms with Crippen molar-refractivity contribution in [3.05, 3.63) is 60.0 Å². The topological polar surface area (TPSA) is 86.2 Å². The molecule has 1 aliphatic carbocycles. The standard InChI is InChI=1S/C16H14N2O3S/c17-22(19,20)11-7-5-10(6-8-11)12-9-13(12)16-18-14-3-1-2-4-15(14)21-16/h1-8,12-13H,9H2,(H2,17,19,20). The van der Waals surface area contributed by atoms with Crippen molar-refractivity contribution in [3.63, 3.8) is 0 Å². The molecule has 2 N–H and O–H groups in total. The molecule has 0 bridgehead atoms. The Morgan fingerprint density at radius 1 is 1.05 bits per heavy atom. The second-order valence-electron chi connectivity index (χ2n) is 5.58. The normalized spacial score (nSPS) is 21.1. The summed E-state index contributed by atoms with van der Waals surface area (Å²) in [7, 11) is -3.64. The van der Waals surface area contributed by atoms with Crippen molar-refractivity contribution in [2.24, 2.45) is 5.14 Å². The lowest BCUT2D eigenvalue weighted by atomic mass is 10.1. The van der Waals surface area contributed by atoms with Crippen molar-refractivity contribution >= 4 is 21.1 Å². The van der Waals surface area contributed by atoms with Crippen LogP contribution in [-0.2, 0) is 10.0 Å². The lowest BCUT2D eigenvalue weighted by molar-refractivity contribution is 0.529. The van der Waals surface area contributed by atoms with Crippen molar-refractivity contribution in [2.75, 3.05) is 0 Å². The number of oxazole rings is 1. The van der Waals surface area contributed by atoms with Gasteiger partial charge in [0.2, 0.25) is 10.0 Å². The molecule has 112 valence electrons. The van der Waals surface area contributed by atoms with Crippen LogP contribution in [0.1, 0.15) is 29.7 Å².